The molecule has 0 aliphatic rings. The maximum absolute atomic E-state index is 12.4. The van der Waals surface area contributed by atoms with Gasteiger partial charge in [-0.3, -0.25) is 9.48 Å². The Kier molecular flexibility index (Phi) is 3.63. The van der Waals surface area contributed by atoms with Gasteiger partial charge in [0.1, 0.15) is 0 Å². The first-order chi connectivity index (χ1) is 7.75. The Morgan fingerprint density at radius 1 is 1.29 bits per heavy atom. The van der Waals surface area contributed by atoms with Crippen LogP contribution in [0.2, 0.25) is 0 Å². The molecule has 0 aliphatic heterocycles. The van der Waals surface area contributed by atoms with Gasteiger partial charge >= 0.3 is 12.1 Å². The van der Waals surface area contributed by atoms with Crippen molar-refractivity contribution in [3.63, 3.8) is 0 Å². The molecule has 17 heavy (non-hydrogen) atoms. The summed E-state index contributed by atoms with van der Waals surface area (Å²) >= 11 is 0. The van der Waals surface area contributed by atoms with Gasteiger partial charge in [-0.25, -0.2) is 0 Å². The van der Waals surface area contributed by atoms with Crippen LogP contribution in [0.25, 0.3) is 0 Å². The molecule has 1 rings (SSSR count). The highest BCUT2D eigenvalue weighted by Crippen LogP contribution is 2.35. The molecule has 0 aromatic carbocycles. The molecule has 1 aromatic rings. The van der Waals surface area contributed by atoms with E-state index in [9.17, 15) is 26.7 Å². The van der Waals surface area contributed by atoms with Crippen LogP contribution >= 0.6 is 0 Å². The first-order valence-electron chi connectivity index (χ1n) is 4.32. The fraction of sp³-hybridized carbons (Fsp3) is 0.571. The van der Waals surface area contributed by atoms with Crippen LogP contribution in [0.1, 0.15) is 0 Å². The Labute approximate surface area is 91.6 Å². The van der Waals surface area contributed by atoms with Crippen LogP contribution in [-0.4, -0.2) is 39.5 Å². The first-order valence-corrected chi connectivity index (χ1v) is 4.32. The third-order valence-corrected chi connectivity index (χ3v) is 1.74. The van der Waals surface area contributed by atoms with Crippen molar-refractivity contribution in [3.8, 4) is 0 Å². The number of nitrogens with one attached hydrogen (secondary N) is 1. The van der Waals surface area contributed by atoms with Crippen LogP contribution in [0.15, 0.2) is 12.4 Å². The molecule has 5 nitrogen and oxygen atoms in total. The fourth-order valence-corrected chi connectivity index (χ4v) is 0.876. The summed E-state index contributed by atoms with van der Waals surface area (Å²) in [6, 6.07) is 0. The predicted molar refractivity (Wildman–Crippen MR) is 44.0 cm³/mol. The van der Waals surface area contributed by atoms with E-state index in [-0.39, 0.29) is 6.54 Å². The van der Waals surface area contributed by atoms with Crippen LogP contribution in [0, 0.1) is 0 Å². The van der Waals surface area contributed by atoms with Crippen molar-refractivity contribution in [2.24, 2.45) is 0 Å². The zero-order valence-corrected chi connectivity index (χ0v) is 8.21. The van der Waals surface area contributed by atoms with Gasteiger partial charge in [-0.1, -0.05) is 5.21 Å². The average molecular weight is 258 g/mol. The summed E-state index contributed by atoms with van der Waals surface area (Å²) in [6.07, 6.45) is -3.23. The molecular formula is C7H7F5N4O. The number of carbonyl (C=O) groups excluding carboxylic acids is 1. The quantitative estimate of drug-likeness (QED) is 0.804. The summed E-state index contributed by atoms with van der Waals surface area (Å²) in [5, 5.41) is 8.28. The molecule has 0 saturated heterocycles. The number of hydrogen-bond donors (Lipinski definition) is 1. The lowest BCUT2D eigenvalue weighted by atomic mass is 10.3. The van der Waals surface area contributed by atoms with Crippen LogP contribution in [0.4, 0.5) is 22.0 Å². The first kappa shape index (κ1) is 13.3. The maximum atomic E-state index is 12.4. The number of nitrogens with zero attached hydrogens (tertiary/aromatic N) is 3. The number of carbonyl (C=O) groups is 1. The highest BCUT2D eigenvalue weighted by atomic mass is 19.4. The molecule has 0 fully saturated rings. The lowest BCUT2D eigenvalue weighted by molar-refractivity contribution is -0.269. The molecule has 0 aliphatic carbocycles. The summed E-state index contributed by atoms with van der Waals surface area (Å²) in [4.78, 5) is 10.6. The third kappa shape index (κ3) is 3.11. The highest BCUT2D eigenvalue weighted by molar-refractivity contribution is 5.84. The van der Waals surface area contributed by atoms with Crippen molar-refractivity contribution >= 4 is 5.91 Å². The number of aromatic nitrogens is 3. The van der Waals surface area contributed by atoms with Gasteiger partial charge in [-0.2, -0.15) is 22.0 Å². The van der Waals surface area contributed by atoms with Gasteiger partial charge in [-0.15, -0.1) is 5.10 Å². The van der Waals surface area contributed by atoms with Gasteiger partial charge in [0, 0.05) is 12.7 Å². The van der Waals surface area contributed by atoms with Crippen molar-refractivity contribution in [3.05, 3.63) is 12.4 Å². The lowest BCUT2D eigenvalue weighted by Crippen LogP contribution is -2.50. The van der Waals surface area contributed by atoms with E-state index in [1.165, 1.54) is 22.4 Å². The monoisotopic (exact) mass is 258 g/mol. The summed E-state index contributed by atoms with van der Waals surface area (Å²) in [5.74, 6) is -7.78. The van der Waals surface area contributed by atoms with E-state index in [4.69, 9.17) is 0 Å². The van der Waals surface area contributed by atoms with E-state index in [0.29, 0.717) is 0 Å². The number of rotatable bonds is 4. The van der Waals surface area contributed by atoms with E-state index in [1.807, 2.05) is 0 Å². The largest absolute Gasteiger partial charge is 0.463 e. The zero-order valence-electron chi connectivity index (χ0n) is 8.21. The topological polar surface area (TPSA) is 59.8 Å². The Bertz CT molecular complexity index is 374. The molecule has 0 spiro atoms. The second-order valence-corrected chi connectivity index (χ2v) is 2.99. The second kappa shape index (κ2) is 4.63. The van der Waals surface area contributed by atoms with E-state index >= 15 is 0 Å². The molecule has 1 amide bonds. The number of halogens is 5. The summed E-state index contributed by atoms with van der Waals surface area (Å²) in [5.41, 5.74) is 0. The maximum Gasteiger partial charge on any atom is 0.463 e. The number of hydrogen-bond acceptors (Lipinski definition) is 3. The molecule has 0 bridgehead atoms. The summed E-state index contributed by atoms with van der Waals surface area (Å²) in [7, 11) is 0. The SMILES string of the molecule is O=C(NCCn1ccnn1)C(F)(F)C(F)(F)F. The minimum atomic E-state index is -5.90. The van der Waals surface area contributed by atoms with Gasteiger partial charge in [0.05, 0.1) is 12.7 Å². The third-order valence-electron chi connectivity index (χ3n) is 1.74. The van der Waals surface area contributed by atoms with Crippen molar-refractivity contribution in [1.82, 2.24) is 20.3 Å². The standard InChI is InChI=1S/C7H7F5N4O/c8-6(9,7(10,11)12)5(17)13-1-3-16-4-2-14-15-16/h2,4H,1,3H2,(H,13,17). The van der Waals surface area contributed by atoms with Gasteiger partial charge < -0.3 is 5.32 Å². The number of amides is 1. The van der Waals surface area contributed by atoms with Crippen LogP contribution in [0.3, 0.4) is 0 Å². The van der Waals surface area contributed by atoms with Gasteiger partial charge in [0.15, 0.2) is 0 Å². The Hall–Kier alpha value is -1.74. The average Bonchev–Trinajstić information content (AvgIpc) is 2.68. The van der Waals surface area contributed by atoms with Crippen LogP contribution < -0.4 is 5.32 Å². The Balaban J connectivity index is 2.45. The Morgan fingerprint density at radius 3 is 2.41 bits per heavy atom. The smallest absolute Gasteiger partial charge is 0.349 e. The van der Waals surface area contributed by atoms with E-state index in [0.717, 1.165) is 0 Å². The molecule has 1 heterocycles. The molecular weight excluding hydrogens is 251 g/mol. The van der Waals surface area contributed by atoms with Crippen LogP contribution in [0.5, 0.6) is 0 Å². The normalized spacial score (nSPS) is 12.5. The predicted octanol–water partition coefficient (Wildman–Crippen LogP) is 0.592. The van der Waals surface area contributed by atoms with E-state index in [1.54, 1.807) is 0 Å². The van der Waals surface area contributed by atoms with Crippen molar-refractivity contribution in [2.45, 2.75) is 18.6 Å². The fourth-order valence-electron chi connectivity index (χ4n) is 0.876. The highest BCUT2D eigenvalue weighted by Gasteiger charge is 2.63. The minimum Gasteiger partial charge on any atom is -0.349 e. The molecule has 10 heteroatoms. The number of alkyl halides is 5. The van der Waals surface area contributed by atoms with E-state index < -0.39 is 24.6 Å². The zero-order chi connectivity index (χ0) is 13.1. The van der Waals surface area contributed by atoms with Crippen LogP contribution in [-0.2, 0) is 11.3 Å². The molecule has 96 valence electrons. The summed E-state index contributed by atoms with van der Waals surface area (Å²) in [6.45, 7) is -0.465. The Morgan fingerprint density at radius 2 is 1.94 bits per heavy atom. The van der Waals surface area contributed by atoms with Gasteiger partial charge in [0.2, 0.25) is 0 Å². The molecule has 1 N–H and O–H groups in total. The van der Waals surface area contributed by atoms with Crippen molar-refractivity contribution in [2.75, 3.05) is 6.54 Å². The lowest BCUT2D eigenvalue weighted by Gasteiger charge is -2.18. The molecule has 0 unspecified atom stereocenters. The molecule has 1 aromatic heterocycles. The van der Waals surface area contributed by atoms with Crippen molar-refractivity contribution < 1.29 is 26.7 Å². The summed E-state index contributed by atoms with van der Waals surface area (Å²) < 4.78 is 61.2. The second-order valence-electron chi connectivity index (χ2n) is 2.99. The molecule has 0 radical (unpaired) electrons. The molecule has 0 saturated carbocycles. The minimum absolute atomic E-state index is 0.0559. The van der Waals surface area contributed by atoms with Gasteiger partial charge in [-0.05, 0) is 0 Å². The molecule has 0 atom stereocenters. The van der Waals surface area contributed by atoms with Gasteiger partial charge in [0.25, 0.3) is 5.91 Å². The van der Waals surface area contributed by atoms with E-state index in [2.05, 4.69) is 10.3 Å². The van der Waals surface area contributed by atoms with Crippen molar-refractivity contribution in [1.29, 1.82) is 0 Å².